The predicted octanol–water partition coefficient (Wildman–Crippen LogP) is -1.66. The second kappa shape index (κ2) is 4.30. The molecule has 1 rings (SSSR count). The Morgan fingerprint density at radius 2 is 2.33 bits per heavy atom. The number of aliphatic hydroxyl groups excluding tert-OH is 1. The van der Waals surface area contributed by atoms with Crippen LogP contribution in [0.25, 0.3) is 0 Å². The smallest absolute Gasteiger partial charge is 0.120 e. The number of methoxy groups -OCH3 is 1. The largest absolute Gasteiger partial charge is 0.390 e. The molecule has 0 radical (unpaired) electrons. The molecule has 12 heavy (non-hydrogen) atoms. The zero-order valence-electron chi connectivity index (χ0n) is 7.99. The maximum atomic E-state index is 9.69. The van der Waals surface area contributed by atoms with Crippen molar-refractivity contribution >= 4 is 14.9 Å². The van der Waals surface area contributed by atoms with Crippen LogP contribution in [-0.2, 0) is 9.47 Å². The zero-order valence-corrected chi connectivity index (χ0v) is 7.99. The van der Waals surface area contributed by atoms with Crippen molar-refractivity contribution in [1.29, 1.82) is 0 Å². The van der Waals surface area contributed by atoms with Gasteiger partial charge in [0.2, 0.25) is 0 Å². The maximum Gasteiger partial charge on any atom is 0.120 e. The van der Waals surface area contributed by atoms with Crippen LogP contribution in [0, 0.1) is 5.92 Å². The summed E-state index contributed by atoms with van der Waals surface area (Å²) in [5.74, 6) is 0.232. The fourth-order valence-corrected chi connectivity index (χ4v) is 1.76. The lowest BCUT2D eigenvalue weighted by Crippen LogP contribution is -2.29. The Labute approximate surface area is 75.1 Å². The molecule has 1 aliphatic rings. The van der Waals surface area contributed by atoms with E-state index in [1.807, 2.05) is 6.92 Å². The summed E-state index contributed by atoms with van der Waals surface area (Å²) in [6.45, 7) is 2.51. The van der Waals surface area contributed by atoms with Crippen molar-refractivity contribution in [2.24, 2.45) is 5.92 Å². The average molecular weight is 170 g/mol. The first-order valence-electron chi connectivity index (χ1n) is 4.53. The average Bonchev–Trinajstić information content (AvgIpc) is 2.33. The van der Waals surface area contributed by atoms with Gasteiger partial charge in [0.15, 0.2) is 0 Å². The highest BCUT2D eigenvalue weighted by atomic mass is 16.5. The van der Waals surface area contributed by atoms with Gasteiger partial charge in [0.05, 0.1) is 20.4 Å². The van der Waals surface area contributed by atoms with E-state index in [-0.39, 0.29) is 24.1 Å². The van der Waals surface area contributed by atoms with Crippen LogP contribution >= 0.6 is 0 Å². The van der Waals surface area contributed by atoms with Gasteiger partial charge in [-0.05, 0) is 0 Å². The lowest BCUT2D eigenvalue weighted by molar-refractivity contribution is -0.0183. The van der Waals surface area contributed by atoms with Crippen LogP contribution in [0.15, 0.2) is 0 Å². The van der Waals surface area contributed by atoms with Gasteiger partial charge in [-0.15, -0.1) is 0 Å². The molecule has 0 amide bonds. The molecule has 5 heteroatoms. The Kier molecular flexibility index (Phi) is 3.62. The third-order valence-electron chi connectivity index (χ3n) is 2.59. The van der Waals surface area contributed by atoms with Crippen molar-refractivity contribution in [2.45, 2.75) is 25.1 Å². The summed E-state index contributed by atoms with van der Waals surface area (Å²) < 4.78 is 10.6. The molecule has 0 aromatic heterocycles. The molecule has 0 spiro atoms. The van der Waals surface area contributed by atoms with Crippen molar-refractivity contribution in [3.63, 3.8) is 0 Å². The molecule has 3 nitrogen and oxygen atoms in total. The molecular formula is C7H16B2O3. The van der Waals surface area contributed by atoms with Gasteiger partial charge < -0.3 is 14.6 Å². The van der Waals surface area contributed by atoms with E-state index in [2.05, 4.69) is 7.74 Å². The molecule has 1 aliphatic heterocycles. The first-order valence-corrected chi connectivity index (χ1v) is 4.53. The fourth-order valence-electron chi connectivity index (χ4n) is 1.76. The minimum atomic E-state index is -0.366. The Bertz CT molecular complexity index is 145. The molecule has 0 aromatic rings. The second-order valence-corrected chi connectivity index (χ2v) is 3.43. The number of ether oxygens (including phenoxy) is 2. The van der Waals surface area contributed by atoms with Crippen molar-refractivity contribution in [3.8, 4) is 0 Å². The number of hydrogen-bond donors (Lipinski definition) is 1. The predicted molar refractivity (Wildman–Crippen MR) is 51.4 cm³/mol. The van der Waals surface area contributed by atoms with Gasteiger partial charge in [-0.1, -0.05) is 6.92 Å². The van der Waals surface area contributed by atoms with Crippen molar-refractivity contribution in [1.82, 2.24) is 0 Å². The molecule has 0 saturated carbocycles. The molecule has 1 heterocycles. The highest BCUT2D eigenvalue weighted by Gasteiger charge is 2.39. The van der Waals surface area contributed by atoms with Crippen LogP contribution in [-0.4, -0.2) is 51.9 Å². The van der Waals surface area contributed by atoms with Crippen molar-refractivity contribution in [2.75, 3.05) is 13.7 Å². The van der Waals surface area contributed by atoms with E-state index in [0.29, 0.717) is 6.61 Å². The summed E-state index contributed by atoms with van der Waals surface area (Å²) in [7, 11) is 4.65. The van der Waals surface area contributed by atoms with Crippen LogP contribution in [0.2, 0.25) is 0 Å². The summed E-state index contributed by atoms with van der Waals surface area (Å²) in [4.78, 5) is 0. The highest BCUT2D eigenvalue weighted by Crippen LogP contribution is 2.25. The van der Waals surface area contributed by atoms with Crippen molar-refractivity contribution in [3.05, 3.63) is 0 Å². The second-order valence-electron chi connectivity index (χ2n) is 3.43. The monoisotopic (exact) mass is 170 g/mol. The van der Waals surface area contributed by atoms with E-state index < -0.39 is 0 Å². The Morgan fingerprint density at radius 3 is 2.75 bits per heavy atom. The van der Waals surface area contributed by atoms with E-state index in [4.69, 9.17) is 9.47 Å². The summed E-state index contributed by atoms with van der Waals surface area (Å²) >= 11 is 0. The van der Waals surface area contributed by atoms with Gasteiger partial charge in [-0.25, -0.2) is 0 Å². The molecule has 1 saturated heterocycles. The molecular weight excluding hydrogens is 154 g/mol. The normalized spacial score (nSPS) is 41.6. The number of hydrogen-bond acceptors (Lipinski definition) is 3. The minimum Gasteiger partial charge on any atom is -0.390 e. The van der Waals surface area contributed by atoms with E-state index in [1.54, 1.807) is 7.11 Å². The summed E-state index contributed by atoms with van der Waals surface area (Å²) in [6.07, 6.45) is -0.496. The van der Waals surface area contributed by atoms with Gasteiger partial charge in [0.25, 0.3) is 0 Å². The van der Waals surface area contributed by atoms with Crippen LogP contribution in [0.3, 0.4) is 0 Å². The first-order chi connectivity index (χ1) is 5.70. The number of rotatable bonds is 3. The highest BCUT2D eigenvalue weighted by molar-refractivity contribution is 6.90. The van der Waals surface area contributed by atoms with Crippen LogP contribution in [0.1, 0.15) is 6.92 Å². The lowest BCUT2D eigenvalue weighted by atomic mass is 9.49. The van der Waals surface area contributed by atoms with E-state index in [1.165, 1.54) is 0 Å². The quantitative estimate of drug-likeness (QED) is 0.515. The van der Waals surface area contributed by atoms with Crippen molar-refractivity contribution < 1.29 is 14.6 Å². The van der Waals surface area contributed by atoms with E-state index in [0.717, 1.165) is 7.17 Å². The maximum absolute atomic E-state index is 9.69. The summed E-state index contributed by atoms with van der Waals surface area (Å²) in [5, 5.41) is 9.69. The van der Waals surface area contributed by atoms with Gasteiger partial charge in [0.1, 0.15) is 13.3 Å². The molecule has 4 atom stereocenters. The Hall–Kier alpha value is 0.00987. The molecule has 0 aliphatic carbocycles. The van der Waals surface area contributed by atoms with Gasteiger partial charge in [-0.2, -0.15) is 0 Å². The van der Waals surface area contributed by atoms with Gasteiger partial charge in [-0.3, -0.25) is 0 Å². The molecule has 0 bridgehead atoms. The number of aliphatic hydroxyl groups is 1. The molecule has 0 aromatic carbocycles. The Morgan fingerprint density at radius 1 is 1.67 bits per heavy atom. The van der Waals surface area contributed by atoms with Crippen LogP contribution in [0.4, 0.5) is 0 Å². The third-order valence-corrected chi connectivity index (χ3v) is 2.59. The standard InChI is InChI=1S/C7H16B2O3/c1-4-6(10)5(3-11-2)12-7(4)9-8/h4-7,9-10H,3,8H2,1-2H3/t4-,5-,6+,7-/m1/s1. The zero-order chi connectivity index (χ0) is 9.14. The summed E-state index contributed by atoms with van der Waals surface area (Å²) in [5.41, 5.74) is 0. The van der Waals surface area contributed by atoms with Gasteiger partial charge >= 0.3 is 0 Å². The molecule has 1 fully saturated rings. The first kappa shape index (κ1) is 10.1. The SMILES string of the molecule is BB[C@@H]1O[C@H](COC)[C@@H](O)[C@H]1C. The molecule has 68 valence electrons. The van der Waals surface area contributed by atoms with E-state index >= 15 is 0 Å². The topological polar surface area (TPSA) is 38.7 Å². The van der Waals surface area contributed by atoms with Crippen LogP contribution in [0.5, 0.6) is 0 Å². The summed E-state index contributed by atoms with van der Waals surface area (Å²) in [6, 6.07) is 0.195. The van der Waals surface area contributed by atoms with Crippen LogP contribution < -0.4 is 0 Å². The fraction of sp³-hybridized carbons (Fsp3) is 1.00. The minimum absolute atomic E-state index is 0.130. The third kappa shape index (κ3) is 1.84. The molecule has 0 unspecified atom stereocenters. The van der Waals surface area contributed by atoms with E-state index in [9.17, 15) is 5.11 Å². The Balaban J connectivity index is 2.48. The lowest BCUT2D eigenvalue weighted by Gasteiger charge is -2.13. The molecule has 1 N–H and O–H groups in total. The van der Waals surface area contributed by atoms with Gasteiger partial charge in [0, 0.05) is 19.0 Å².